The van der Waals surface area contributed by atoms with E-state index >= 15 is 0 Å². The second kappa shape index (κ2) is 16.6. The number of unbranched alkanes of at least 4 members (excludes halogenated alkanes) is 10. The van der Waals surface area contributed by atoms with E-state index in [-0.39, 0.29) is 0 Å². The predicted molar refractivity (Wildman–Crippen MR) is 110 cm³/mol. The van der Waals surface area contributed by atoms with E-state index in [1.54, 1.807) is 0 Å². The lowest BCUT2D eigenvalue weighted by Gasteiger charge is -2.25. The molecule has 0 aliphatic heterocycles. The van der Waals surface area contributed by atoms with Gasteiger partial charge >= 0.3 is 8.56 Å². The van der Waals surface area contributed by atoms with E-state index in [2.05, 4.69) is 33.9 Å². The van der Waals surface area contributed by atoms with E-state index in [4.69, 9.17) is 8.85 Å². The van der Waals surface area contributed by atoms with Crippen molar-refractivity contribution >= 4 is 8.56 Å². The van der Waals surface area contributed by atoms with Crippen molar-refractivity contribution in [1.29, 1.82) is 0 Å². The van der Waals surface area contributed by atoms with Crippen molar-refractivity contribution in [3.63, 3.8) is 0 Å². The van der Waals surface area contributed by atoms with Crippen molar-refractivity contribution in [2.75, 3.05) is 13.2 Å². The molecule has 0 fully saturated rings. The average molecular weight is 359 g/mol. The Bertz CT molecular complexity index is 252. The summed E-state index contributed by atoms with van der Waals surface area (Å²) in [5, 5.41) is 0. The van der Waals surface area contributed by atoms with Crippen LogP contribution in [0, 0.1) is 5.92 Å². The van der Waals surface area contributed by atoms with E-state index < -0.39 is 8.56 Å². The topological polar surface area (TPSA) is 18.5 Å². The Labute approximate surface area is 154 Å². The summed E-state index contributed by atoms with van der Waals surface area (Å²) in [6, 6.07) is 0. The van der Waals surface area contributed by atoms with Crippen molar-refractivity contribution in [1.82, 2.24) is 0 Å². The molecule has 0 aliphatic carbocycles. The third-order valence-electron chi connectivity index (χ3n) is 5.02. The van der Waals surface area contributed by atoms with Crippen LogP contribution in [0.3, 0.4) is 0 Å². The summed E-state index contributed by atoms with van der Waals surface area (Å²) < 4.78 is 12.2. The van der Waals surface area contributed by atoms with Crippen LogP contribution in [0.4, 0.5) is 0 Å². The largest absolute Gasteiger partial charge is 0.395 e. The molecule has 0 N–H and O–H groups in total. The summed E-state index contributed by atoms with van der Waals surface area (Å²) in [4.78, 5) is 0. The van der Waals surface area contributed by atoms with Gasteiger partial charge in [0.2, 0.25) is 0 Å². The van der Waals surface area contributed by atoms with Crippen LogP contribution in [0.15, 0.2) is 0 Å². The van der Waals surface area contributed by atoms with Crippen LogP contribution in [-0.2, 0) is 8.85 Å². The van der Waals surface area contributed by atoms with Gasteiger partial charge in [-0.15, -0.1) is 0 Å². The number of hydrogen-bond acceptors (Lipinski definition) is 2. The molecule has 0 saturated heterocycles. The second-order valence-electron chi connectivity index (χ2n) is 7.78. The normalized spacial score (nSPS) is 12.2. The third-order valence-corrected chi connectivity index (χ3v) is 6.78. The van der Waals surface area contributed by atoms with Gasteiger partial charge in [0.25, 0.3) is 0 Å². The first-order valence-corrected chi connectivity index (χ1v) is 13.6. The Morgan fingerprint density at radius 2 is 1.08 bits per heavy atom. The van der Waals surface area contributed by atoms with Crippen molar-refractivity contribution in [2.24, 2.45) is 5.92 Å². The molecule has 0 aromatic rings. The SMILES string of the molecule is CCCCCCCCCCCCCO[Si](C)(C)OCC(CC)CC. The second-order valence-corrected chi connectivity index (χ2v) is 11.2. The predicted octanol–water partition coefficient (Wildman–Crippen LogP) is 7.47. The number of hydrogen-bond donors (Lipinski definition) is 0. The van der Waals surface area contributed by atoms with Gasteiger partial charge in [0.1, 0.15) is 0 Å². The molecule has 0 aromatic heterocycles. The fourth-order valence-corrected chi connectivity index (χ4v) is 4.33. The van der Waals surface area contributed by atoms with Gasteiger partial charge in [-0.1, -0.05) is 97.8 Å². The summed E-state index contributed by atoms with van der Waals surface area (Å²) in [6.45, 7) is 12.9. The smallest absolute Gasteiger partial charge is 0.331 e. The molecule has 146 valence electrons. The maximum Gasteiger partial charge on any atom is 0.331 e. The molecule has 2 nitrogen and oxygen atoms in total. The fraction of sp³-hybridized carbons (Fsp3) is 1.00. The van der Waals surface area contributed by atoms with Gasteiger partial charge in [0, 0.05) is 13.2 Å². The molecule has 0 atom stereocenters. The van der Waals surface area contributed by atoms with Crippen LogP contribution in [0.2, 0.25) is 13.1 Å². The zero-order valence-corrected chi connectivity index (χ0v) is 18.5. The third kappa shape index (κ3) is 15.7. The molecule has 0 amide bonds. The molecule has 0 radical (unpaired) electrons. The minimum Gasteiger partial charge on any atom is -0.395 e. The molecular formula is C21H46O2Si. The summed E-state index contributed by atoms with van der Waals surface area (Å²) in [5.74, 6) is 0.697. The molecular weight excluding hydrogens is 312 g/mol. The first-order valence-electron chi connectivity index (χ1n) is 10.8. The molecule has 0 bridgehead atoms. The molecule has 0 unspecified atom stereocenters. The Morgan fingerprint density at radius 1 is 0.625 bits per heavy atom. The molecule has 0 rings (SSSR count). The van der Waals surface area contributed by atoms with Crippen LogP contribution >= 0.6 is 0 Å². The molecule has 0 aromatic carbocycles. The van der Waals surface area contributed by atoms with Crippen molar-refractivity contribution in [3.05, 3.63) is 0 Å². The summed E-state index contributed by atoms with van der Waals surface area (Å²) in [5.41, 5.74) is 0. The van der Waals surface area contributed by atoms with E-state index in [1.165, 1.54) is 83.5 Å². The van der Waals surface area contributed by atoms with Gasteiger partial charge in [-0.05, 0) is 25.4 Å². The monoisotopic (exact) mass is 358 g/mol. The summed E-state index contributed by atoms with van der Waals surface area (Å²) >= 11 is 0. The Kier molecular flexibility index (Phi) is 16.7. The average Bonchev–Trinajstić information content (AvgIpc) is 2.56. The molecule has 0 saturated carbocycles. The Hall–Kier alpha value is 0.137. The maximum absolute atomic E-state index is 6.09. The van der Waals surface area contributed by atoms with Gasteiger partial charge < -0.3 is 8.85 Å². The van der Waals surface area contributed by atoms with Crippen LogP contribution in [0.25, 0.3) is 0 Å². The first-order chi connectivity index (χ1) is 11.6. The highest BCUT2D eigenvalue weighted by atomic mass is 28.4. The van der Waals surface area contributed by atoms with E-state index in [9.17, 15) is 0 Å². The van der Waals surface area contributed by atoms with Gasteiger partial charge in [0.15, 0.2) is 0 Å². The maximum atomic E-state index is 6.09. The van der Waals surface area contributed by atoms with Crippen molar-refractivity contribution in [3.8, 4) is 0 Å². The summed E-state index contributed by atoms with van der Waals surface area (Å²) in [7, 11) is -1.90. The zero-order valence-electron chi connectivity index (χ0n) is 17.5. The molecule has 0 heterocycles. The van der Waals surface area contributed by atoms with Gasteiger partial charge in [-0.2, -0.15) is 0 Å². The first kappa shape index (κ1) is 24.1. The summed E-state index contributed by atoms with van der Waals surface area (Å²) in [6.07, 6.45) is 17.6. The quantitative estimate of drug-likeness (QED) is 0.187. The highest BCUT2D eigenvalue weighted by Crippen LogP contribution is 2.15. The lowest BCUT2D eigenvalue weighted by Crippen LogP contribution is -2.36. The van der Waals surface area contributed by atoms with E-state index in [1.807, 2.05) is 0 Å². The Morgan fingerprint density at radius 3 is 1.54 bits per heavy atom. The van der Waals surface area contributed by atoms with E-state index in [0.717, 1.165) is 13.2 Å². The standard InChI is InChI=1S/C21H46O2Si/c1-6-9-10-11-12-13-14-15-16-17-18-19-22-24(4,5)23-20-21(7-2)8-3/h21H,6-20H2,1-5H3. The van der Waals surface area contributed by atoms with Gasteiger partial charge in [0.05, 0.1) is 0 Å². The van der Waals surface area contributed by atoms with Crippen molar-refractivity contribution < 1.29 is 8.85 Å². The molecule has 3 heteroatoms. The number of rotatable bonds is 18. The van der Waals surface area contributed by atoms with Gasteiger partial charge in [-0.25, -0.2) is 0 Å². The van der Waals surface area contributed by atoms with E-state index in [0.29, 0.717) is 5.92 Å². The van der Waals surface area contributed by atoms with Crippen LogP contribution in [-0.4, -0.2) is 21.8 Å². The Balaban J connectivity index is 3.39. The zero-order chi connectivity index (χ0) is 18.1. The van der Waals surface area contributed by atoms with Crippen LogP contribution in [0.5, 0.6) is 0 Å². The van der Waals surface area contributed by atoms with Gasteiger partial charge in [-0.3, -0.25) is 0 Å². The molecule has 24 heavy (non-hydrogen) atoms. The molecule has 0 spiro atoms. The van der Waals surface area contributed by atoms with Crippen molar-refractivity contribution in [2.45, 2.75) is 117 Å². The van der Waals surface area contributed by atoms with Crippen LogP contribution < -0.4 is 0 Å². The minimum absolute atomic E-state index is 0.697. The highest BCUT2D eigenvalue weighted by molar-refractivity contribution is 6.64. The lowest BCUT2D eigenvalue weighted by molar-refractivity contribution is 0.148. The fourth-order valence-electron chi connectivity index (χ4n) is 2.97. The van der Waals surface area contributed by atoms with Crippen LogP contribution in [0.1, 0.15) is 104 Å². The minimum atomic E-state index is -1.90. The molecule has 0 aliphatic rings. The lowest BCUT2D eigenvalue weighted by atomic mass is 10.1. The highest BCUT2D eigenvalue weighted by Gasteiger charge is 2.25.